The van der Waals surface area contributed by atoms with E-state index in [1.165, 1.54) is 18.4 Å². The molecule has 0 saturated carbocycles. The van der Waals surface area contributed by atoms with Crippen LogP contribution in [0, 0.1) is 0 Å². The van der Waals surface area contributed by atoms with E-state index in [9.17, 15) is 14.7 Å². The predicted molar refractivity (Wildman–Crippen MR) is 116 cm³/mol. The van der Waals surface area contributed by atoms with Crippen LogP contribution in [0.25, 0.3) is 0 Å². The third-order valence-corrected chi connectivity index (χ3v) is 5.24. The predicted octanol–water partition coefficient (Wildman–Crippen LogP) is 2.33. The quantitative estimate of drug-likeness (QED) is 0.527. The lowest BCUT2D eigenvalue weighted by Crippen LogP contribution is -2.93. The van der Waals surface area contributed by atoms with Crippen LogP contribution in [0.4, 0.5) is 17.1 Å². The zero-order chi connectivity index (χ0) is 21.2. The van der Waals surface area contributed by atoms with E-state index in [4.69, 9.17) is 0 Å². The Hall–Kier alpha value is -3.12. The second kappa shape index (κ2) is 11.2. The molecule has 0 radical (unpaired) electrons. The molecule has 1 atom stereocenters. The Morgan fingerprint density at radius 1 is 0.967 bits per heavy atom. The molecule has 0 unspecified atom stereocenters. The van der Waals surface area contributed by atoms with Gasteiger partial charge in [0.25, 0.3) is 0 Å². The third kappa shape index (κ3) is 7.04. The summed E-state index contributed by atoms with van der Waals surface area (Å²) >= 11 is 0. The van der Waals surface area contributed by atoms with Gasteiger partial charge < -0.3 is 25.9 Å². The van der Waals surface area contributed by atoms with Crippen molar-refractivity contribution in [2.24, 2.45) is 0 Å². The second-order valence-electron chi connectivity index (χ2n) is 7.63. The number of carbonyl (C=O) groups excluding carboxylic acids is 2. The summed E-state index contributed by atoms with van der Waals surface area (Å²) in [4.78, 5) is 23.8. The first kappa shape index (κ1) is 21.6. The molecule has 1 aliphatic rings. The van der Waals surface area contributed by atoms with Gasteiger partial charge in [-0.25, -0.2) is 0 Å². The molecule has 1 aliphatic carbocycles. The maximum absolute atomic E-state index is 12.3. The van der Waals surface area contributed by atoms with Gasteiger partial charge in [0.15, 0.2) is 0 Å². The first-order valence-electron chi connectivity index (χ1n) is 10.5. The number of carboxylic acids is 1. The van der Waals surface area contributed by atoms with Gasteiger partial charge in [0.2, 0.25) is 5.91 Å². The average Bonchev–Trinajstić information content (AvgIpc) is 2.76. The summed E-state index contributed by atoms with van der Waals surface area (Å²) in [6.45, 7) is 0.650. The van der Waals surface area contributed by atoms with Gasteiger partial charge in [-0.05, 0) is 62.1 Å². The van der Waals surface area contributed by atoms with Gasteiger partial charge in [-0.1, -0.05) is 29.8 Å². The van der Waals surface area contributed by atoms with Crippen molar-refractivity contribution in [1.29, 1.82) is 0 Å². The van der Waals surface area contributed by atoms with Crippen molar-refractivity contribution >= 4 is 28.9 Å². The molecule has 0 bridgehead atoms. The van der Waals surface area contributed by atoms with E-state index in [0.717, 1.165) is 30.6 Å². The van der Waals surface area contributed by atoms with Gasteiger partial charge in [-0.2, -0.15) is 0 Å². The number of carbonyl (C=O) groups is 2. The van der Waals surface area contributed by atoms with Crippen LogP contribution in [0.5, 0.6) is 0 Å². The highest BCUT2D eigenvalue weighted by Crippen LogP contribution is 2.20. The Labute approximate surface area is 177 Å². The molecule has 6 nitrogen and oxygen atoms in total. The fraction of sp³-hybridized carbons (Fsp3) is 0.333. The normalized spacial score (nSPS) is 14.5. The van der Waals surface area contributed by atoms with Crippen molar-refractivity contribution in [3.8, 4) is 0 Å². The standard InChI is InChI=1S/C24H29N3O3/c28-23(17-22(24(29)30)25-16-15-18-7-3-1-4-8-18)27-21-13-11-20(12-14-21)26-19-9-5-2-6-10-19/h2,5-7,9-14,22,25-26H,1,3-4,8,15-17H2,(H,27,28)(H,29,30)/t22-/m1/s1. The lowest BCUT2D eigenvalue weighted by Gasteiger charge is -2.18. The molecule has 0 heterocycles. The minimum atomic E-state index is -1.20. The van der Waals surface area contributed by atoms with Gasteiger partial charge in [0, 0.05) is 23.5 Å². The van der Waals surface area contributed by atoms with Crippen LogP contribution >= 0.6 is 0 Å². The molecule has 4 N–H and O–H groups in total. The van der Waals surface area contributed by atoms with E-state index in [2.05, 4.69) is 16.7 Å². The molecule has 30 heavy (non-hydrogen) atoms. The number of amides is 1. The lowest BCUT2D eigenvalue weighted by molar-refractivity contribution is -0.682. The maximum atomic E-state index is 12.3. The number of allylic oxidation sites excluding steroid dienone is 1. The van der Waals surface area contributed by atoms with Crippen molar-refractivity contribution < 1.29 is 20.0 Å². The largest absolute Gasteiger partial charge is 0.544 e. The number of rotatable bonds is 10. The summed E-state index contributed by atoms with van der Waals surface area (Å²) in [5, 5.41) is 19.2. The molecule has 2 aromatic carbocycles. The van der Waals surface area contributed by atoms with Crippen molar-refractivity contribution in [2.75, 3.05) is 17.2 Å². The van der Waals surface area contributed by atoms with Crippen LogP contribution in [-0.4, -0.2) is 24.5 Å². The Bertz CT molecular complexity index is 863. The number of hydrogen-bond donors (Lipinski definition) is 3. The van der Waals surface area contributed by atoms with Crippen LogP contribution in [0.1, 0.15) is 38.5 Å². The summed E-state index contributed by atoms with van der Waals surface area (Å²) in [6.07, 6.45) is 7.65. The van der Waals surface area contributed by atoms with Crippen molar-refractivity contribution in [3.05, 3.63) is 66.2 Å². The SMILES string of the molecule is O=C(C[C@@H]([NH2+]CCC1=CCCCC1)C(=O)[O-])Nc1ccc(Nc2ccccc2)cc1. The Balaban J connectivity index is 1.46. The smallest absolute Gasteiger partial charge is 0.230 e. The molecule has 2 aromatic rings. The topological polar surface area (TPSA) is 97.9 Å². The first-order valence-corrected chi connectivity index (χ1v) is 10.5. The lowest BCUT2D eigenvalue weighted by atomic mass is 9.97. The highest BCUT2D eigenvalue weighted by Gasteiger charge is 2.18. The van der Waals surface area contributed by atoms with Crippen molar-refractivity contribution in [3.63, 3.8) is 0 Å². The molecular formula is C24H29N3O3. The van der Waals surface area contributed by atoms with Crippen molar-refractivity contribution in [1.82, 2.24) is 0 Å². The summed E-state index contributed by atoms with van der Waals surface area (Å²) in [7, 11) is 0. The molecule has 1 amide bonds. The highest BCUT2D eigenvalue weighted by atomic mass is 16.4. The summed E-state index contributed by atoms with van der Waals surface area (Å²) in [6, 6.07) is 16.2. The first-order chi connectivity index (χ1) is 14.6. The van der Waals surface area contributed by atoms with Crippen LogP contribution in [-0.2, 0) is 9.59 Å². The molecule has 6 heteroatoms. The summed E-state index contributed by atoms with van der Waals surface area (Å²) in [5.74, 6) is -1.54. The maximum Gasteiger partial charge on any atom is 0.230 e. The second-order valence-corrected chi connectivity index (χ2v) is 7.63. The zero-order valence-electron chi connectivity index (χ0n) is 17.1. The number of nitrogens with two attached hydrogens (primary N) is 1. The van der Waals surface area contributed by atoms with Gasteiger partial charge in [0.05, 0.1) is 18.9 Å². The molecule has 0 aromatic heterocycles. The number of benzene rings is 2. The fourth-order valence-corrected chi connectivity index (χ4v) is 3.60. The molecule has 3 rings (SSSR count). The van der Waals surface area contributed by atoms with Gasteiger partial charge in [0.1, 0.15) is 6.04 Å². The number of quaternary nitrogens is 1. The Kier molecular flexibility index (Phi) is 8.03. The Morgan fingerprint density at radius 3 is 2.33 bits per heavy atom. The monoisotopic (exact) mass is 407 g/mol. The molecule has 0 spiro atoms. The van der Waals surface area contributed by atoms with E-state index >= 15 is 0 Å². The third-order valence-electron chi connectivity index (χ3n) is 5.24. The molecular weight excluding hydrogens is 378 g/mol. The number of nitrogens with one attached hydrogen (secondary N) is 2. The van der Waals surface area contributed by atoms with Gasteiger partial charge in [-0.3, -0.25) is 4.79 Å². The van der Waals surface area contributed by atoms with E-state index in [0.29, 0.717) is 12.2 Å². The number of para-hydroxylation sites is 1. The van der Waals surface area contributed by atoms with Crippen molar-refractivity contribution in [2.45, 2.75) is 44.6 Å². The summed E-state index contributed by atoms with van der Waals surface area (Å²) in [5.41, 5.74) is 3.90. The summed E-state index contributed by atoms with van der Waals surface area (Å²) < 4.78 is 0. The van der Waals surface area contributed by atoms with Gasteiger partial charge in [-0.15, -0.1) is 0 Å². The zero-order valence-corrected chi connectivity index (χ0v) is 17.1. The van der Waals surface area contributed by atoms with Crippen LogP contribution < -0.4 is 21.1 Å². The molecule has 0 saturated heterocycles. The van der Waals surface area contributed by atoms with E-state index < -0.39 is 12.0 Å². The average molecular weight is 408 g/mol. The molecule has 158 valence electrons. The number of aliphatic carboxylic acids is 1. The molecule has 0 fully saturated rings. The van der Waals surface area contributed by atoms with E-state index in [1.807, 2.05) is 42.5 Å². The Morgan fingerprint density at radius 2 is 1.67 bits per heavy atom. The number of carboxylic acid groups (broad SMARTS) is 1. The van der Waals surface area contributed by atoms with Gasteiger partial charge >= 0.3 is 0 Å². The van der Waals surface area contributed by atoms with Crippen LogP contribution in [0.15, 0.2) is 66.2 Å². The van der Waals surface area contributed by atoms with E-state index in [-0.39, 0.29) is 12.3 Å². The molecule has 0 aliphatic heterocycles. The minimum Gasteiger partial charge on any atom is -0.544 e. The number of anilines is 3. The fourth-order valence-electron chi connectivity index (χ4n) is 3.60. The van der Waals surface area contributed by atoms with Crippen LogP contribution in [0.2, 0.25) is 0 Å². The number of hydrogen-bond acceptors (Lipinski definition) is 4. The minimum absolute atomic E-state index is 0.120. The van der Waals surface area contributed by atoms with E-state index in [1.54, 1.807) is 17.4 Å². The highest BCUT2D eigenvalue weighted by molar-refractivity contribution is 5.93. The van der Waals surface area contributed by atoms with Crippen LogP contribution in [0.3, 0.4) is 0 Å².